The molecule has 1 unspecified atom stereocenters. The molecule has 25 heavy (non-hydrogen) atoms. The van der Waals surface area contributed by atoms with Crippen molar-refractivity contribution in [3.8, 4) is 5.75 Å². The van der Waals surface area contributed by atoms with Gasteiger partial charge in [-0.3, -0.25) is 4.90 Å². The molecule has 1 aliphatic heterocycles. The Hall–Kier alpha value is -2.18. The quantitative estimate of drug-likeness (QED) is 0.745. The van der Waals surface area contributed by atoms with Crippen LogP contribution in [0.15, 0.2) is 42.9 Å². The highest BCUT2D eigenvalue weighted by Crippen LogP contribution is 2.22. The zero-order valence-electron chi connectivity index (χ0n) is 14.7. The third kappa shape index (κ3) is 5.69. The topological polar surface area (TPSA) is 59.5 Å². The van der Waals surface area contributed by atoms with E-state index in [0.717, 1.165) is 57.4 Å². The maximum Gasteiger partial charge on any atom is 0.129 e. The molecule has 2 heterocycles. The molecular formula is C19H26N4O2. The van der Waals surface area contributed by atoms with E-state index >= 15 is 0 Å². The van der Waals surface area contributed by atoms with Gasteiger partial charge in [-0.1, -0.05) is 12.1 Å². The molecule has 1 saturated heterocycles. The van der Waals surface area contributed by atoms with Crippen LogP contribution in [0.25, 0.3) is 0 Å². The Morgan fingerprint density at radius 1 is 1.28 bits per heavy atom. The number of aromatic nitrogens is 2. The van der Waals surface area contributed by atoms with E-state index in [1.54, 1.807) is 12.5 Å². The van der Waals surface area contributed by atoms with Gasteiger partial charge in [-0.05, 0) is 37.1 Å². The molecule has 1 atom stereocenters. The van der Waals surface area contributed by atoms with Crippen LogP contribution in [0.5, 0.6) is 5.75 Å². The van der Waals surface area contributed by atoms with Crippen LogP contribution in [-0.4, -0.2) is 54.3 Å². The Morgan fingerprint density at radius 3 is 2.96 bits per heavy atom. The molecule has 1 fully saturated rings. The first-order valence-electron chi connectivity index (χ1n) is 8.87. The van der Waals surface area contributed by atoms with E-state index in [1.165, 1.54) is 5.56 Å². The largest absolute Gasteiger partial charge is 0.494 e. The van der Waals surface area contributed by atoms with E-state index in [1.807, 2.05) is 18.2 Å². The minimum absolute atomic E-state index is 0.145. The number of ether oxygens (including phenoxy) is 2. The number of rotatable bonds is 8. The predicted molar refractivity (Wildman–Crippen MR) is 97.9 cm³/mol. The summed E-state index contributed by atoms with van der Waals surface area (Å²) in [5.74, 6) is 1.73. The highest BCUT2D eigenvalue weighted by atomic mass is 16.5. The summed E-state index contributed by atoms with van der Waals surface area (Å²) in [6.07, 6.45) is 4.30. The summed E-state index contributed by atoms with van der Waals surface area (Å²) in [7, 11) is 0. The molecule has 134 valence electrons. The molecule has 0 amide bonds. The highest BCUT2D eigenvalue weighted by Gasteiger charge is 2.10. The summed E-state index contributed by atoms with van der Waals surface area (Å²) >= 11 is 0. The SMILES string of the molecule is CC(Nc1ccncn1)c1cccc(OCCCN2CCOCC2)c1. The second-order valence-corrected chi connectivity index (χ2v) is 6.19. The van der Waals surface area contributed by atoms with Gasteiger partial charge in [0.2, 0.25) is 0 Å². The van der Waals surface area contributed by atoms with Gasteiger partial charge in [-0.2, -0.15) is 0 Å². The minimum atomic E-state index is 0.145. The highest BCUT2D eigenvalue weighted by molar-refractivity contribution is 5.38. The van der Waals surface area contributed by atoms with E-state index in [-0.39, 0.29) is 6.04 Å². The van der Waals surface area contributed by atoms with Crippen molar-refractivity contribution in [2.24, 2.45) is 0 Å². The van der Waals surface area contributed by atoms with Gasteiger partial charge in [0.1, 0.15) is 17.9 Å². The normalized spacial score (nSPS) is 16.4. The molecule has 0 bridgehead atoms. The van der Waals surface area contributed by atoms with E-state index < -0.39 is 0 Å². The fraction of sp³-hybridized carbons (Fsp3) is 0.474. The van der Waals surface area contributed by atoms with Gasteiger partial charge in [-0.15, -0.1) is 0 Å². The molecule has 0 saturated carbocycles. The number of morpholine rings is 1. The second-order valence-electron chi connectivity index (χ2n) is 6.19. The summed E-state index contributed by atoms with van der Waals surface area (Å²) in [6, 6.07) is 10.2. The smallest absolute Gasteiger partial charge is 0.129 e. The zero-order valence-corrected chi connectivity index (χ0v) is 14.7. The van der Waals surface area contributed by atoms with Crippen LogP contribution < -0.4 is 10.1 Å². The molecule has 0 radical (unpaired) electrons. The Labute approximate surface area is 149 Å². The first-order valence-corrected chi connectivity index (χ1v) is 8.87. The minimum Gasteiger partial charge on any atom is -0.494 e. The summed E-state index contributed by atoms with van der Waals surface area (Å²) in [5, 5.41) is 3.37. The lowest BCUT2D eigenvalue weighted by Crippen LogP contribution is -2.37. The summed E-state index contributed by atoms with van der Waals surface area (Å²) in [4.78, 5) is 10.6. The summed E-state index contributed by atoms with van der Waals surface area (Å²) < 4.78 is 11.3. The Balaban J connectivity index is 1.45. The third-order valence-corrected chi connectivity index (χ3v) is 4.30. The predicted octanol–water partition coefficient (Wildman–Crippen LogP) is 2.75. The Bertz CT molecular complexity index is 632. The van der Waals surface area contributed by atoms with Gasteiger partial charge < -0.3 is 14.8 Å². The molecule has 3 rings (SSSR count). The van der Waals surface area contributed by atoms with Crippen molar-refractivity contribution < 1.29 is 9.47 Å². The van der Waals surface area contributed by atoms with Crippen molar-refractivity contribution in [2.45, 2.75) is 19.4 Å². The monoisotopic (exact) mass is 342 g/mol. The van der Waals surface area contributed by atoms with E-state index in [2.05, 4.69) is 39.2 Å². The summed E-state index contributed by atoms with van der Waals surface area (Å²) in [6.45, 7) is 7.66. The van der Waals surface area contributed by atoms with Crippen LogP contribution in [0.3, 0.4) is 0 Å². The Morgan fingerprint density at radius 2 is 2.16 bits per heavy atom. The van der Waals surface area contributed by atoms with Gasteiger partial charge >= 0.3 is 0 Å². The molecule has 1 aromatic carbocycles. The maximum absolute atomic E-state index is 5.93. The van der Waals surface area contributed by atoms with Crippen LogP contribution in [0.4, 0.5) is 5.82 Å². The van der Waals surface area contributed by atoms with Crippen molar-refractivity contribution in [3.05, 3.63) is 48.4 Å². The molecule has 2 aromatic rings. The number of anilines is 1. The average Bonchev–Trinajstić information content (AvgIpc) is 2.67. The second kappa shape index (κ2) is 9.34. The lowest BCUT2D eigenvalue weighted by atomic mass is 10.1. The van der Waals surface area contributed by atoms with E-state index in [0.29, 0.717) is 0 Å². The van der Waals surface area contributed by atoms with Gasteiger partial charge in [0.15, 0.2) is 0 Å². The molecule has 6 heteroatoms. The van der Waals surface area contributed by atoms with Crippen molar-refractivity contribution >= 4 is 5.82 Å². The van der Waals surface area contributed by atoms with E-state index in [4.69, 9.17) is 9.47 Å². The first kappa shape index (κ1) is 17.6. The molecule has 6 nitrogen and oxygen atoms in total. The van der Waals surface area contributed by atoms with Crippen LogP contribution in [0, 0.1) is 0 Å². The molecule has 1 N–H and O–H groups in total. The number of hydrogen-bond acceptors (Lipinski definition) is 6. The van der Waals surface area contributed by atoms with Crippen molar-refractivity contribution in [2.75, 3.05) is 44.8 Å². The van der Waals surface area contributed by atoms with Crippen LogP contribution in [0.2, 0.25) is 0 Å². The van der Waals surface area contributed by atoms with Gasteiger partial charge in [0.05, 0.1) is 25.9 Å². The summed E-state index contributed by atoms with van der Waals surface area (Å²) in [5.41, 5.74) is 1.17. The van der Waals surface area contributed by atoms with Gasteiger partial charge in [0.25, 0.3) is 0 Å². The average molecular weight is 342 g/mol. The van der Waals surface area contributed by atoms with E-state index in [9.17, 15) is 0 Å². The number of benzene rings is 1. The molecule has 1 aliphatic rings. The standard InChI is InChI=1S/C19H26N4O2/c1-16(22-19-6-7-20-15-21-19)17-4-2-5-18(14-17)25-11-3-8-23-9-12-24-13-10-23/h2,4-7,14-16H,3,8-13H2,1H3,(H,20,21,22). The van der Waals surface area contributed by atoms with Crippen molar-refractivity contribution in [1.82, 2.24) is 14.9 Å². The van der Waals surface area contributed by atoms with Crippen molar-refractivity contribution in [3.63, 3.8) is 0 Å². The van der Waals surface area contributed by atoms with Crippen LogP contribution in [0.1, 0.15) is 24.9 Å². The van der Waals surface area contributed by atoms with Crippen LogP contribution in [-0.2, 0) is 4.74 Å². The van der Waals surface area contributed by atoms with Gasteiger partial charge in [0, 0.05) is 25.8 Å². The fourth-order valence-electron chi connectivity index (χ4n) is 2.86. The van der Waals surface area contributed by atoms with Gasteiger partial charge in [-0.25, -0.2) is 9.97 Å². The fourth-order valence-corrected chi connectivity index (χ4v) is 2.86. The number of nitrogens with one attached hydrogen (secondary N) is 1. The maximum atomic E-state index is 5.93. The lowest BCUT2D eigenvalue weighted by molar-refractivity contribution is 0.0358. The lowest BCUT2D eigenvalue weighted by Gasteiger charge is -2.26. The molecule has 0 aliphatic carbocycles. The number of nitrogens with zero attached hydrogens (tertiary/aromatic N) is 3. The number of hydrogen-bond donors (Lipinski definition) is 1. The third-order valence-electron chi connectivity index (χ3n) is 4.30. The zero-order chi connectivity index (χ0) is 17.3. The van der Waals surface area contributed by atoms with Crippen molar-refractivity contribution in [1.29, 1.82) is 0 Å². The molecular weight excluding hydrogens is 316 g/mol. The first-order chi connectivity index (χ1) is 12.3. The molecule has 1 aromatic heterocycles. The van der Waals surface area contributed by atoms with Crippen LogP contribution >= 0.6 is 0 Å². The molecule has 0 spiro atoms. The Kier molecular flexibility index (Phi) is 6.59.